The first-order valence-electron chi connectivity index (χ1n) is 10.9. The Morgan fingerprint density at radius 1 is 1.07 bits per heavy atom. The largest absolute Gasteiger partial charge is 0.496 e. The summed E-state index contributed by atoms with van der Waals surface area (Å²) in [5.74, 6) is 1.15. The van der Waals surface area contributed by atoms with Crippen LogP contribution in [-0.2, 0) is 0 Å². The van der Waals surface area contributed by atoms with E-state index in [0.29, 0.717) is 24.6 Å². The molecule has 0 unspecified atom stereocenters. The van der Waals surface area contributed by atoms with Gasteiger partial charge in [-0.05, 0) is 74.9 Å². The summed E-state index contributed by atoms with van der Waals surface area (Å²) < 4.78 is 7.30. The third kappa shape index (κ3) is 4.01. The maximum atomic E-state index is 13.3. The molecule has 2 aliphatic heterocycles. The van der Waals surface area contributed by atoms with Crippen molar-refractivity contribution in [2.75, 3.05) is 33.3 Å². The average Bonchev–Trinajstić information content (AvgIpc) is 2.79. The molecule has 2 fully saturated rings. The fourth-order valence-electron chi connectivity index (χ4n) is 4.83. The number of rotatable bonds is 4. The minimum absolute atomic E-state index is 0.126. The SMILES string of the molecule is COc1ccccc1C1CCN(C(=O)c2c(C)ccn(C3CCNCC3)c2=O)CC1. The van der Waals surface area contributed by atoms with Crippen molar-refractivity contribution in [1.29, 1.82) is 0 Å². The van der Waals surface area contributed by atoms with Crippen LogP contribution in [0.25, 0.3) is 0 Å². The van der Waals surface area contributed by atoms with Gasteiger partial charge in [-0.1, -0.05) is 18.2 Å². The third-order valence-corrected chi connectivity index (χ3v) is 6.60. The van der Waals surface area contributed by atoms with Crippen molar-refractivity contribution in [3.63, 3.8) is 0 Å². The number of para-hydroxylation sites is 1. The fraction of sp³-hybridized carbons (Fsp3) is 0.500. The number of benzene rings is 1. The minimum atomic E-state index is -0.140. The number of hydrogen-bond acceptors (Lipinski definition) is 4. The highest BCUT2D eigenvalue weighted by molar-refractivity contribution is 5.95. The molecule has 1 aromatic heterocycles. The zero-order chi connectivity index (χ0) is 21.1. The van der Waals surface area contributed by atoms with Gasteiger partial charge < -0.3 is 19.5 Å². The molecule has 1 N–H and O–H groups in total. The van der Waals surface area contributed by atoms with Crippen LogP contribution in [-0.4, -0.2) is 48.7 Å². The number of pyridine rings is 1. The van der Waals surface area contributed by atoms with E-state index in [2.05, 4.69) is 11.4 Å². The molecular weight excluding hydrogens is 378 g/mol. The Kier molecular flexibility index (Phi) is 6.23. The summed E-state index contributed by atoms with van der Waals surface area (Å²) in [6, 6.07) is 10.2. The van der Waals surface area contributed by atoms with Gasteiger partial charge in [0.05, 0.1) is 7.11 Å². The lowest BCUT2D eigenvalue weighted by Crippen LogP contribution is -2.43. The van der Waals surface area contributed by atoms with Gasteiger partial charge in [0.2, 0.25) is 0 Å². The number of aryl methyl sites for hydroxylation is 1. The fourth-order valence-corrected chi connectivity index (χ4v) is 4.83. The highest BCUT2D eigenvalue weighted by Crippen LogP contribution is 2.34. The van der Waals surface area contributed by atoms with Gasteiger partial charge in [-0.3, -0.25) is 9.59 Å². The van der Waals surface area contributed by atoms with Gasteiger partial charge in [-0.15, -0.1) is 0 Å². The molecule has 3 heterocycles. The standard InChI is InChI=1S/C24H31N3O3/c1-17-9-16-27(19-7-12-25-13-8-19)24(29)22(17)23(28)26-14-10-18(11-15-26)20-5-3-4-6-21(20)30-2/h3-6,9,16,18-19,25H,7-8,10-15H2,1-2H3. The molecule has 30 heavy (non-hydrogen) atoms. The summed E-state index contributed by atoms with van der Waals surface area (Å²) in [4.78, 5) is 28.4. The molecule has 6 heteroatoms. The average molecular weight is 410 g/mol. The highest BCUT2D eigenvalue weighted by Gasteiger charge is 2.29. The van der Waals surface area contributed by atoms with E-state index in [0.717, 1.165) is 50.1 Å². The number of amides is 1. The Labute approximate surface area is 177 Å². The molecule has 4 rings (SSSR count). The molecule has 6 nitrogen and oxygen atoms in total. The first-order valence-corrected chi connectivity index (χ1v) is 10.9. The van der Waals surface area contributed by atoms with E-state index in [-0.39, 0.29) is 17.5 Å². The second-order valence-electron chi connectivity index (χ2n) is 8.38. The van der Waals surface area contributed by atoms with E-state index in [1.807, 2.05) is 42.3 Å². The Morgan fingerprint density at radius 3 is 2.47 bits per heavy atom. The molecule has 0 saturated carbocycles. The van der Waals surface area contributed by atoms with Gasteiger partial charge in [-0.25, -0.2) is 0 Å². The quantitative estimate of drug-likeness (QED) is 0.843. The van der Waals surface area contributed by atoms with E-state index in [1.165, 1.54) is 5.56 Å². The molecule has 0 aliphatic carbocycles. The summed E-state index contributed by atoms with van der Waals surface area (Å²) in [5, 5.41) is 3.33. The van der Waals surface area contributed by atoms with Gasteiger partial charge >= 0.3 is 0 Å². The van der Waals surface area contributed by atoms with Crippen molar-refractivity contribution >= 4 is 5.91 Å². The molecule has 2 saturated heterocycles. The van der Waals surface area contributed by atoms with Gasteiger partial charge in [0.25, 0.3) is 11.5 Å². The van der Waals surface area contributed by atoms with Crippen molar-refractivity contribution in [1.82, 2.24) is 14.8 Å². The van der Waals surface area contributed by atoms with E-state index in [9.17, 15) is 9.59 Å². The Morgan fingerprint density at radius 2 is 1.77 bits per heavy atom. The molecule has 1 aromatic carbocycles. The predicted octanol–water partition coefficient (Wildman–Crippen LogP) is 3.11. The number of nitrogens with one attached hydrogen (secondary N) is 1. The van der Waals surface area contributed by atoms with Crippen LogP contribution in [0.1, 0.15) is 59.1 Å². The Balaban J connectivity index is 1.51. The Hall–Kier alpha value is -2.60. The van der Waals surface area contributed by atoms with Gasteiger partial charge in [0, 0.05) is 25.3 Å². The summed E-state index contributed by atoms with van der Waals surface area (Å²) in [7, 11) is 1.70. The smallest absolute Gasteiger partial charge is 0.263 e. The van der Waals surface area contributed by atoms with Crippen LogP contribution in [0.2, 0.25) is 0 Å². The lowest BCUT2D eigenvalue weighted by Gasteiger charge is -2.33. The van der Waals surface area contributed by atoms with Crippen molar-refractivity contribution in [2.45, 2.75) is 44.6 Å². The molecule has 2 aliphatic rings. The number of carbonyl (C=O) groups excluding carboxylic acids is 1. The number of methoxy groups -OCH3 is 1. The number of nitrogens with zero attached hydrogens (tertiary/aromatic N) is 2. The van der Waals surface area contributed by atoms with Crippen LogP contribution in [0, 0.1) is 6.92 Å². The number of hydrogen-bond donors (Lipinski definition) is 1. The molecule has 0 spiro atoms. The maximum Gasteiger partial charge on any atom is 0.263 e. The molecule has 1 amide bonds. The number of carbonyl (C=O) groups is 1. The molecule has 0 radical (unpaired) electrons. The second kappa shape index (κ2) is 9.04. The number of ether oxygens (including phenoxy) is 1. The molecule has 0 atom stereocenters. The normalized spacial score (nSPS) is 18.4. The topological polar surface area (TPSA) is 63.6 Å². The number of aromatic nitrogens is 1. The van der Waals surface area contributed by atoms with Gasteiger partial charge in [0.15, 0.2) is 0 Å². The maximum absolute atomic E-state index is 13.3. The van der Waals surface area contributed by atoms with Crippen molar-refractivity contribution < 1.29 is 9.53 Å². The van der Waals surface area contributed by atoms with Crippen LogP contribution >= 0.6 is 0 Å². The second-order valence-corrected chi connectivity index (χ2v) is 8.38. The Bertz CT molecular complexity index is 954. The van der Waals surface area contributed by atoms with Crippen molar-refractivity contribution in [2.24, 2.45) is 0 Å². The molecule has 0 bridgehead atoms. The number of likely N-dealkylation sites (tertiary alicyclic amines) is 1. The van der Waals surface area contributed by atoms with Crippen LogP contribution < -0.4 is 15.6 Å². The van der Waals surface area contributed by atoms with Crippen molar-refractivity contribution in [3.05, 3.63) is 63.6 Å². The predicted molar refractivity (Wildman–Crippen MR) is 117 cm³/mol. The van der Waals surface area contributed by atoms with Crippen LogP contribution in [0.4, 0.5) is 0 Å². The first-order chi connectivity index (χ1) is 14.6. The molecular formula is C24H31N3O3. The van der Waals surface area contributed by atoms with Crippen molar-refractivity contribution in [3.8, 4) is 5.75 Å². The lowest BCUT2D eigenvalue weighted by molar-refractivity contribution is 0.0709. The van der Waals surface area contributed by atoms with E-state index >= 15 is 0 Å². The number of piperidine rings is 2. The molecule has 160 valence electrons. The summed E-state index contributed by atoms with van der Waals surface area (Å²) in [6.45, 7) is 4.99. The lowest BCUT2D eigenvalue weighted by atomic mass is 9.88. The highest BCUT2D eigenvalue weighted by atomic mass is 16.5. The molecule has 2 aromatic rings. The summed E-state index contributed by atoms with van der Waals surface area (Å²) in [6.07, 6.45) is 5.45. The summed E-state index contributed by atoms with van der Waals surface area (Å²) in [5.41, 5.74) is 2.17. The minimum Gasteiger partial charge on any atom is -0.496 e. The van der Waals surface area contributed by atoms with E-state index in [1.54, 1.807) is 11.7 Å². The zero-order valence-corrected chi connectivity index (χ0v) is 17.9. The van der Waals surface area contributed by atoms with E-state index < -0.39 is 0 Å². The van der Waals surface area contributed by atoms with Gasteiger partial charge in [-0.2, -0.15) is 0 Å². The van der Waals surface area contributed by atoms with Crippen LogP contribution in [0.5, 0.6) is 5.75 Å². The van der Waals surface area contributed by atoms with Crippen LogP contribution in [0.3, 0.4) is 0 Å². The zero-order valence-electron chi connectivity index (χ0n) is 17.9. The van der Waals surface area contributed by atoms with Crippen LogP contribution in [0.15, 0.2) is 41.3 Å². The monoisotopic (exact) mass is 409 g/mol. The van der Waals surface area contributed by atoms with Gasteiger partial charge in [0.1, 0.15) is 11.3 Å². The van der Waals surface area contributed by atoms with E-state index in [4.69, 9.17) is 4.74 Å². The summed E-state index contributed by atoms with van der Waals surface area (Å²) >= 11 is 0. The first kappa shape index (κ1) is 20.7. The third-order valence-electron chi connectivity index (χ3n) is 6.60.